The summed E-state index contributed by atoms with van der Waals surface area (Å²) in [5.74, 6) is 0.702. The summed E-state index contributed by atoms with van der Waals surface area (Å²) >= 11 is 0. The number of hydrogen-bond donors (Lipinski definition) is 2. The van der Waals surface area contributed by atoms with E-state index in [1.807, 2.05) is 6.92 Å². The summed E-state index contributed by atoms with van der Waals surface area (Å²) in [6, 6.07) is 0. The van der Waals surface area contributed by atoms with E-state index in [4.69, 9.17) is 0 Å². The lowest BCUT2D eigenvalue weighted by Gasteiger charge is -2.14. The summed E-state index contributed by atoms with van der Waals surface area (Å²) in [4.78, 5) is 4.07. The van der Waals surface area contributed by atoms with Gasteiger partial charge in [-0.05, 0) is 32.6 Å². The minimum Gasteiger partial charge on any atom is -0.393 e. The molecule has 0 amide bonds. The van der Waals surface area contributed by atoms with Gasteiger partial charge in [0, 0.05) is 19.3 Å². The molecular weight excluding hydrogens is 266 g/mol. The quantitative estimate of drug-likeness (QED) is 0.833. The average molecular weight is 287 g/mol. The van der Waals surface area contributed by atoms with Crippen molar-refractivity contribution < 1.29 is 13.5 Å². The highest BCUT2D eigenvalue weighted by atomic mass is 32.2. The number of nitrogens with zero attached hydrogens (tertiary/aromatic N) is 2. The van der Waals surface area contributed by atoms with Gasteiger partial charge in [0.05, 0.1) is 6.10 Å². The first-order valence-electron chi connectivity index (χ1n) is 6.65. The van der Waals surface area contributed by atoms with Gasteiger partial charge in [-0.15, -0.1) is 0 Å². The second kappa shape index (κ2) is 5.60. The molecule has 0 radical (unpaired) electrons. The van der Waals surface area contributed by atoms with Gasteiger partial charge in [-0.25, -0.2) is 18.1 Å². The van der Waals surface area contributed by atoms with Crippen LogP contribution in [0.1, 0.15) is 32.0 Å². The average Bonchev–Trinajstić information content (AvgIpc) is 2.93. The van der Waals surface area contributed by atoms with Crippen molar-refractivity contribution >= 4 is 10.0 Å². The van der Waals surface area contributed by atoms with Crippen molar-refractivity contribution in [1.29, 1.82) is 0 Å². The number of imidazole rings is 1. The van der Waals surface area contributed by atoms with Gasteiger partial charge in [0.25, 0.3) is 10.0 Å². The van der Waals surface area contributed by atoms with Gasteiger partial charge in [0.1, 0.15) is 5.82 Å². The first kappa shape index (κ1) is 14.5. The van der Waals surface area contributed by atoms with E-state index in [0.717, 1.165) is 19.3 Å². The number of hydrogen-bond acceptors (Lipinski definition) is 4. The molecule has 0 aliphatic heterocycles. The van der Waals surface area contributed by atoms with E-state index < -0.39 is 16.1 Å². The predicted molar refractivity (Wildman–Crippen MR) is 71.2 cm³/mol. The number of nitrogens with one attached hydrogen (secondary N) is 1. The third kappa shape index (κ3) is 3.16. The van der Waals surface area contributed by atoms with Crippen molar-refractivity contribution in [3.05, 3.63) is 12.0 Å². The Kier molecular flexibility index (Phi) is 4.27. The maximum atomic E-state index is 12.1. The monoisotopic (exact) mass is 287 g/mol. The molecule has 2 atom stereocenters. The Balaban J connectivity index is 2.05. The van der Waals surface area contributed by atoms with E-state index in [1.54, 1.807) is 17.7 Å². The summed E-state index contributed by atoms with van der Waals surface area (Å²) in [7, 11) is -3.58. The van der Waals surface area contributed by atoms with Crippen molar-refractivity contribution in [3.8, 4) is 0 Å². The van der Waals surface area contributed by atoms with Crippen LogP contribution in [0.5, 0.6) is 0 Å². The SMILES string of the molecule is CCn1cc(S(=O)(=O)NCC2CCCC2O)nc1C. The molecule has 1 aromatic heterocycles. The Morgan fingerprint density at radius 3 is 2.79 bits per heavy atom. The van der Waals surface area contributed by atoms with Gasteiger partial charge < -0.3 is 9.67 Å². The van der Waals surface area contributed by atoms with Crippen LogP contribution in [0.4, 0.5) is 0 Å². The number of rotatable bonds is 5. The van der Waals surface area contributed by atoms with Crippen LogP contribution in [0.3, 0.4) is 0 Å². The molecule has 6 nitrogen and oxygen atoms in total. The zero-order valence-corrected chi connectivity index (χ0v) is 12.2. The van der Waals surface area contributed by atoms with E-state index in [1.165, 1.54) is 0 Å². The van der Waals surface area contributed by atoms with Crippen molar-refractivity contribution in [2.75, 3.05) is 6.54 Å². The van der Waals surface area contributed by atoms with Gasteiger partial charge in [0.2, 0.25) is 0 Å². The molecule has 1 aliphatic carbocycles. The minimum absolute atomic E-state index is 0.0177. The van der Waals surface area contributed by atoms with Crippen LogP contribution in [-0.4, -0.2) is 35.7 Å². The zero-order valence-electron chi connectivity index (χ0n) is 11.3. The topological polar surface area (TPSA) is 84.2 Å². The van der Waals surface area contributed by atoms with Crippen LogP contribution in [0.15, 0.2) is 11.2 Å². The summed E-state index contributed by atoms with van der Waals surface area (Å²) < 4.78 is 28.6. The van der Waals surface area contributed by atoms with Crippen molar-refractivity contribution in [1.82, 2.24) is 14.3 Å². The molecule has 7 heteroatoms. The van der Waals surface area contributed by atoms with E-state index in [-0.39, 0.29) is 17.5 Å². The molecule has 1 aromatic rings. The summed E-state index contributed by atoms with van der Waals surface area (Å²) in [6.07, 6.45) is 3.74. The van der Waals surface area contributed by atoms with Crippen molar-refractivity contribution in [2.45, 2.75) is 50.8 Å². The molecule has 108 valence electrons. The highest BCUT2D eigenvalue weighted by Crippen LogP contribution is 2.25. The van der Waals surface area contributed by atoms with E-state index in [9.17, 15) is 13.5 Å². The normalized spacial score (nSPS) is 23.9. The van der Waals surface area contributed by atoms with Crippen LogP contribution in [-0.2, 0) is 16.6 Å². The first-order chi connectivity index (χ1) is 8.94. The molecule has 0 aromatic carbocycles. The lowest BCUT2D eigenvalue weighted by atomic mass is 10.1. The molecule has 2 N–H and O–H groups in total. The largest absolute Gasteiger partial charge is 0.393 e. The minimum atomic E-state index is -3.58. The highest BCUT2D eigenvalue weighted by molar-refractivity contribution is 7.89. The number of aromatic nitrogens is 2. The lowest BCUT2D eigenvalue weighted by molar-refractivity contribution is 0.134. The fourth-order valence-corrected chi connectivity index (χ4v) is 3.57. The number of aryl methyl sites for hydroxylation is 2. The fraction of sp³-hybridized carbons (Fsp3) is 0.750. The second-order valence-corrected chi connectivity index (χ2v) is 6.74. The van der Waals surface area contributed by atoms with Gasteiger partial charge >= 0.3 is 0 Å². The Labute approximate surface area is 113 Å². The molecular formula is C12H21N3O3S. The molecule has 0 bridgehead atoms. The van der Waals surface area contributed by atoms with Crippen molar-refractivity contribution in [2.24, 2.45) is 5.92 Å². The molecule has 0 spiro atoms. The predicted octanol–water partition coefficient (Wildman–Crippen LogP) is 0.651. The number of aliphatic hydroxyl groups excluding tert-OH is 1. The Hall–Kier alpha value is -0.920. The molecule has 2 unspecified atom stereocenters. The molecule has 1 fully saturated rings. The van der Waals surface area contributed by atoms with Gasteiger partial charge in [-0.1, -0.05) is 6.42 Å². The Bertz CT molecular complexity index is 538. The summed E-state index contributed by atoms with van der Waals surface area (Å²) in [5.41, 5.74) is 0. The van der Waals surface area contributed by atoms with Crippen LogP contribution in [0.25, 0.3) is 0 Å². The van der Waals surface area contributed by atoms with Crippen LogP contribution < -0.4 is 4.72 Å². The van der Waals surface area contributed by atoms with E-state index in [0.29, 0.717) is 12.4 Å². The van der Waals surface area contributed by atoms with Crippen LogP contribution in [0, 0.1) is 12.8 Å². The number of sulfonamides is 1. The molecule has 0 saturated heterocycles. The number of aliphatic hydroxyl groups is 1. The molecule has 19 heavy (non-hydrogen) atoms. The Morgan fingerprint density at radius 2 is 2.26 bits per heavy atom. The Morgan fingerprint density at radius 1 is 1.53 bits per heavy atom. The third-order valence-electron chi connectivity index (χ3n) is 3.72. The third-order valence-corrected chi connectivity index (χ3v) is 5.02. The lowest BCUT2D eigenvalue weighted by Crippen LogP contribution is -2.32. The van der Waals surface area contributed by atoms with E-state index in [2.05, 4.69) is 9.71 Å². The first-order valence-corrected chi connectivity index (χ1v) is 8.14. The van der Waals surface area contributed by atoms with Gasteiger partial charge in [-0.2, -0.15) is 0 Å². The van der Waals surface area contributed by atoms with Gasteiger partial charge in [-0.3, -0.25) is 0 Å². The smallest absolute Gasteiger partial charge is 0.259 e. The van der Waals surface area contributed by atoms with Crippen molar-refractivity contribution in [3.63, 3.8) is 0 Å². The second-order valence-electron chi connectivity index (χ2n) is 5.02. The molecule has 1 aliphatic rings. The van der Waals surface area contributed by atoms with Crippen LogP contribution >= 0.6 is 0 Å². The van der Waals surface area contributed by atoms with Crippen LogP contribution in [0.2, 0.25) is 0 Å². The summed E-state index contributed by atoms with van der Waals surface area (Å²) in [6.45, 7) is 4.69. The fourth-order valence-electron chi connectivity index (χ4n) is 2.47. The van der Waals surface area contributed by atoms with Gasteiger partial charge in [0.15, 0.2) is 5.03 Å². The maximum Gasteiger partial charge on any atom is 0.259 e. The molecule has 2 rings (SSSR count). The standard InChI is InChI=1S/C12H21N3O3S/c1-3-15-8-12(14-9(15)2)19(17,18)13-7-10-5-4-6-11(10)16/h8,10-11,13,16H,3-7H2,1-2H3. The zero-order chi connectivity index (χ0) is 14.0. The maximum absolute atomic E-state index is 12.1. The highest BCUT2D eigenvalue weighted by Gasteiger charge is 2.27. The summed E-state index contributed by atoms with van der Waals surface area (Å²) in [5, 5.41) is 9.74. The molecule has 1 heterocycles. The molecule has 1 saturated carbocycles. The van der Waals surface area contributed by atoms with E-state index >= 15 is 0 Å².